The molecule has 23 heavy (non-hydrogen) atoms. The first-order chi connectivity index (χ1) is 11.1. The van der Waals surface area contributed by atoms with Gasteiger partial charge >= 0.3 is 0 Å². The zero-order valence-corrected chi connectivity index (χ0v) is 13.6. The smallest absolute Gasteiger partial charge is 0.290 e. The molecule has 3 heterocycles. The monoisotopic (exact) mass is 345 g/mol. The third kappa shape index (κ3) is 2.56. The molecule has 0 atom stereocenters. The number of hydrogen-bond donors (Lipinski definition) is 0. The summed E-state index contributed by atoms with van der Waals surface area (Å²) in [5.41, 5.74) is 1.30. The number of amides is 1. The van der Waals surface area contributed by atoms with Crippen LogP contribution in [0.15, 0.2) is 45.6 Å². The SMILES string of the molecule is O=C(c1cc(=O)c2ccccc2o1)N1CCc2sc(Cl)cc2C1. The standard InChI is InChI=1S/C17H12ClNO3S/c18-16-7-10-9-19(6-5-15(10)23-16)17(21)14-8-12(20)11-3-1-2-4-13(11)22-14/h1-4,7-8H,5-6,9H2. The Balaban J connectivity index is 1.69. The highest BCUT2D eigenvalue weighted by Gasteiger charge is 2.25. The van der Waals surface area contributed by atoms with Crippen LogP contribution in [-0.4, -0.2) is 17.4 Å². The van der Waals surface area contributed by atoms with Gasteiger partial charge in [-0.25, -0.2) is 0 Å². The molecule has 0 unspecified atom stereocenters. The van der Waals surface area contributed by atoms with Gasteiger partial charge in [-0.15, -0.1) is 11.3 Å². The second kappa shape index (κ2) is 5.51. The Morgan fingerprint density at radius 3 is 2.96 bits per heavy atom. The molecule has 3 aromatic rings. The van der Waals surface area contributed by atoms with Gasteiger partial charge in [0.15, 0.2) is 11.2 Å². The lowest BCUT2D eigenvalue weighted by Gasteiger charge is -2.26. The van der Waals surface area contributed by atoms with Gasteiger partial charge in [-0.3, -0.25) is 9.59 Å². The number of fused-ring (bicyclic) bond motifs is 2. The second-order valence-electron chi connectivity index (χ2n) is 5.45. The molecule has 1 amide bonds. The van der Waals surface area contributed by atoms with Gasteiger partial charge in [0, 0.05) is 24.0 Å². The number of thiophene rings is 1. The van der Waals surface area contributed by atoms with Crippen molar-refractivity contribution in [3.8, 4) is 0 Å². The van der Waals surface area contributed by atoms with Crippen molar-refractivity contribution in [2.24, 2.45) is 0 Å². The number of rotatable bonds is 1. The minimum atomic E-state index is -0.263. The number of carbonyl (C=O) groups excluding carboxylic acids is 1. The van der Waals surface area contributed by atoms with Gasteiger partial charge in [-0.05, 0) is 30.2 Å². The molecule has 2 aromatic heterocycles. The zero-order chi connectivity index (χ0) is 16.0. The van der Waals surface area contributed by atoms with Crippen LogP contribution in [0.3, 0.4) is 0 Å². The topological polar surface area (TPSA) is 50.5 Å². The molecular formula is C17H12ClNO3S. The van der Waals surface area contributed by atoms with Crippen molar-refractivity contribution >= 4 is 39.8 Å². The van der Waals surface area contributed by atoms with E-state index in [0.29, 0.717) is 24.1 Å². The molecule has 4 rings (SSSR count). The van der Waals surface area contributed by atoms with E-state index in [1.54, 1.807) is 40.5 Å². The average Bonchev–Trinajstić information content (AvgIpc) is 2.93. The minimum Gasteiger partial charge on any atom is -0.451 e. The van der Waals surface area contributed by atoms with Crippen molar-refractivity contribution in [1.29, 1.82) is 0 Å². The number of carbonyl (C=O) groups is 1. The summed E-state index contributed by atoms with van der Waals surface area (Å²) < 4.78 is 6.37. The van der Waals surface area contributed by atoms with Gasteiger partial charge < -0.3 is 9.32 Å². The molecule has 116 valence electrons. The van der Waals surface area contributed by atoms with Gasteiger partial charge in [0.25, 0.3) is 5.91 Å². The van der Waals surface area contributed by atoms with Gasteiger partial charge in [0.05, 0.1) is 9.72 Å². The van der Waals surface area contributed by atoms with E-state index >= 15 is 0 Å². The molecule has 1 aliphatic rings. The fourth-order valence-corrected chi connectivity index (χ4v) is 4.13. The zero-order valence-electron chi connectivity index (χ0n) is 12.0. The van der Waals surface area contributed by atoms with Gasteiger partial charge in [0.1, 0.15) is 5.58 Å². The second-order valence-corrected chi connectivity index (χ2v) is 7.21. The maximum absolute atomic E-state index is 12.7. The Kier molecular flexibility index (Phi) is 3.47. The molecule has 0 N–H and O–H groups in total. The van der Waals surface area contributed by atoms with Crippen LogP contribution in [0.5, 0.6) is 0 Å². The van der Waals surface area contributed by atoms with E-state index in [0.717, 1.165) is 16.3 Å². The summed E-state index contributed by atoms with van der Waals surface area (Å²) in [4.78, 5) is 27.7. The summed E-state index contributed by atoms with van der Waals surface area (Å²) in [6.45, 7) is 1.09. The summed E-state index contributed by atoms with van der Waals surface area (Å²) in [7, 11) is 0. The number of benzene rings is 1. The molecular weight excluding hydrogens is 334 g/mol. The highest BCUT2D eigenvalue weighted by atomic mass is 35.5. The van der Waals surface area contributed by atoms with Crippen molar-refractivity contribution in [3.05, 3.63) is 67.2 Å². The van der Waals surface area contributed by atoms with Crippen molar-refractivity contribution in [2.45, 2.75) is 13.0 Å². The first-order valence-corrected chi connectivity index (χ1v) is 8.40. The average molecular weight is 346 g/mol. The fraction of sp³-hybridized carbons (Fsp3) is 0.176. The Morgan fingerprint density at radius 2 is 2.09 bits per heavy atom. The molecule has 6 heteroatoms. The van der Waals surface area contributed by atoms with Crippen LogP contribution in [0, 0.1) is 0 Å². The predicted octanol–water partition coefficient (Wildman–Crippen LogP) is 3.71. The summed E-state index contributed by atoms with van der Waals surface area (Å²) in [5, 5.41) is 0.481. The number of hydrogen-bond acceptors (Lipinski definition) is 4. The Hall–Kier alpha value is -2.11. The Morgan fingerprint density at radius 1 is 1.26 bits per heavy atom. The van der Waals surface area contributed by atoms with E-state index in [4.69, 9.17) is 16.0 Å². The quantitative estimate of drug-likeness (QED) is 0.675. The van der Waals surface area contributed by atoms with E-state index in [1.807, 2.05) is 6.07 Å². The van der Waals surface area contributed by atoms with Gasteiger partial charge in [-0.2, -0.15) is 0 Å². The lowest BCUT2D eigenvalue weighted by atomic mass is 10.1. The van der Waals surface area contributed by atoms with Crippen molar-refractivity contribution in [2.75, 3.05) is 6.54 Å². The van der Waals surface area contributed by atoms with Crippen LogP contribution in [0.25, 0.3) is 11.0 Å². The van der Waals surface area contributed by atoms with Crippen LogP contribution >= 0.6 is 22.9 Å². The lowest BCUT2D eigenvalue weighted by Crippen LogP contribution is -2.35. The summed E-state index contributed by atoms with van der Waals surface area (Å²) in [6, 6.07) is 10.1. The van der Waals surface area contributed by atoms with Crippen LogP contribution in [0.1, 0.15) is 21.0 Å². The highest BCUT2D eigenvalue weighted by Crippen LogP contribution is 2.31. The molecule has 1 aromatic carbocycles. The van der Waals surface area contributed by atoms with Crippen LogP contribution in [0.4, 0.5) is 0 Å². The maximum atomic E-state index is 12.7. The molecule has 0 radical (unpaired) electrons. The van der Waals surface area contributed by atoms with Gasteiger partial charge in [-0.1, -0.05) is 23.7 Å². The molecule has 0 bridgehead atoms. The number of halogens is 1. The Labute approximate surface area is 140 Å². The largest absolute Gasteiger partial charge is 0.451 e. The first-order valence-electron chi connectivity index (χ1n) is 7.21. The van der Waals surface area contributed by atoms with E-state index in [-0.39, 0.29) is 17.1 Å². The fourth-order valence-electron chi connectivity index (χ4n) is 2.84. The van der Waals surface area contributed by atoms with Gasteiger partial charge in [0.2, 0.25) is 0 Å². The molecule has 0 aliphatic carbocycles. The third-order valence-corrected chi connectivity index (χ3v) is 5.34. The van der Waals surface area contributed by atoms with E-state index in [9.17, 15) is 9.59 Å². The normalized spacial score (nSPS) is 14.0. The molecule has 0 fully saturated rings. The van der Waals surface area contributed by atoms with Crippen LogP contribution < -0.4 is 5.43 Å². The molecule has 0 saturated heterocycles. The maximum Gasteiger partial charge on any atom is 0.290 e. The van der Waals surface area contributed by atoms with E-state index in [2.05, 4.69) is 0 Å². The molecule has 1 aliphatic heterocycles. The van der Waals surface area contributed by atoms with E-state index in [1.165, 1.54) is 10.9 Å². The van der Waals surface area contributed by atoms with Crippen molar-refractivity contribution < 1.29 is 9.21 Å². The highest BCUT2D eigenvalue weighted by molar-refractivity contribution is 7.16. The van der Waals surface area contributed by atoms with Crippen molar-refractivity contribution in [1.82, 2.24) is 4.90 Å². The molecule has 4 nitrogen and oxygen atoms in total. The molecule has 0 spiro atoms. The first kappa shape index (κ1) is 14.5. The van der Waals surface area contributed by atoms with Crippen molar-refractivity contribution in [3.63, 3.8) is 0 Å². The third-order valence-electron chi connectivity index (χ3n) is 3.97. The van der Waals surface area contributed by atoms with E-state index < -0.39 is 0 Å². The summed E-state index contributed by atoms with van der Waals surface area (Å²) in [6.07, 6.45) is 0.774. The molecule has 0 saturated carbocycles. The van der Waals surface area contributed by atoms with Crippen LogP contribution in [-0.2, 0) is 13.0 Å². The lowest BCUT2D eigenvalue weighted by molar-refractivity contribution is 0.0704. The Bertz CT molecular complexity index is 975. The summed E-state index contributed by atoms with van der Waals surface area (Å²) >= 11 is 7.59. The summed E-state index contributed by atoms with van der Waals surface area (Å²) in [5.74, 6) is -0.181. The number of para-hydroxylation sites is 1. The minimum absolute atomic E-state index is 0.0819. The number of nitrogens with zero attached hydrogens (tertiary/aromatic N) is 1. The van der Waals surface area contributed by atoms with Crippen LogP contribution in [0.2, 0.25) is 4.34 Å². The predicted molar refractivity (Wildman–Crippen MR) is 90.3 cm³/mol.